The average Bonchev–Trinajstić information content (AvgIpc) is 2.83. The number of carbonyl (C=O) groups is 3. The monoisotopic (exact) mass is 379 g/mol. The van der Waals surface area contributed by atoms with Crippen molar-refractivity contribution in [2.75, 3.05) is 38.5 Å². The molecule has 1 saturated heterocycles. The SMILES string of the molecule is C[NH2+]CC(=O)N1CCN2C(=O)c3cc(-c4ccccc4)ccc3NC(=O)[C@H]2C1. The van der Waals surface area contributed by atoms with Crippen molar-refractivity contribution in [3.63, 3.8) is 0 Å². The number of likely N-dealkylation sites (N-methyl/N-ethyl adjacent to an activating group) is 1. The number of hydrogen-bond donors (Lipinski definition) is 2. The minimum atomic E-state index is -0.672. The molecule has 2 aromatic rings. The van der Waals surface area contributed by atoms with E-state index in [1.807, 2.05) is 49.5 Å². The fourth-order valence-corrected chi connectivity index (χ4v) is 3.79. The Kier molecular flexibility index (Phi) is 4.83. The molecule has 4 rings (SSSR count). The number of nitrogens with one attached hydrogen (secondary N) is 1. The van der Waals surface area contributed by atoms with E-state index in [-0.39, 0.29) is 24.3 Å². The Morgan fingerprint density at radius 2 is 1.89 bits per heavy atom. The maximum Gasteiger partial charge on any atom is 0.277 e. The van der Waals surface area contributed by atoms with E-state index in [4.69, 9.17) is 0 Å². The van der Waals surface area contributed by atoms with Crippen LogP contribution < -0.4 is 10.6 Å². The molecule has 3 amide bonds. The zero-order valence-corrected chi connectivity index (χ0v) is 15.7. The molecule has 144 valence electrons. The fraction of sp³-hybridized carbons (Fsp3) is 0.286. The van der Waals surface area contributed by atoms with Gasteiger partial charge in [-0.25, -0.2) is 0 Å². The van der Waals surface area contributed by atoms with Gasteiger partial charge in [-0.05, 0) is 23.3 Å². The zero-order chi connectivity index (χ0) is 19.7. The third-order valence-electron chi connectivity index (χ3n) is 5.29. The van der Waals surface area contributed by atoms with E-state index in [2.05, 4.69) is 5.32 Å². The molecule has 2 aromatic carbocycles. The third kappa shape index (κ3) is 3.25. The second-order valence-corrected chi connectivity index (χ2v) is 7.08. The van der Waals surface area contributed by atoms with Gasteiger partial charge in [0.15, 0.2) is 6.54 Å². The number of quaternary nitrogens is 1. The van der Waals surface area contributed by atoms with Crippen LogP contribution >= 0.6 is 0 Å². The van der Waals surface area contributed by atoms with Crippen LogP contribution in [-0.2, 0) is 9.59 Å². The molecule has 7 heteroatoms. The number of benzene rings is 2. The highest BCUT2D eigenvalue weighted by Crippen LogP contribution is 2.30. The van der Waals surface area contributed by atoms with Crippen molar-refractivity contribution < 1.29 is 19.7 Å². The molecule has 0 aromatic heterocycles. The molecule has 0 saturated carbocycles. The molecule has 7 nitrogen and oxygen atoms in total. The maximum atomic E-state index is 13.2. The van der Waals surface area contributed by atoms with E-state index in [1.54, 1.807) is 21.2 Å². The second kappa shape index (κ2) is 7.44. The van der Waals surface area contributed by atoms with Crippen LogP contribution in [0.15, 0.2) is 48.5 Å². The summed E-state index contributed by atoms with van der Waals surface area (Å²) in [6.07, 6.45) is 0. The lowest BCUT2D eigenvalue weighted by atomic mass is 10.0. The standard InChI is InChI=1S/C21H22N4O3/c1-22-12-19(26)24-9-10-25-18(13-24)20(27)23-17-8-7-15(11-16(17)21(25)28)14-5-3-2-4-6-14/h2-8,11,18,22H,9-10,12-13H2,1H3,(H,23,27)/p+1/t18-/m1/s1. The molecule has 1 fully saturated rings. The van der Waals surface area contributed by atoms with Gasteiger partial charge in [0.25, 0.3) is 11.8 Å². The number of anilines is 1. The highest BCUT2D eigenvalue weighted by atomic mass is 16.2. The van der Waals surface area contributed by atoms with Gasteiger partial charge in [0.05, 0.1) is 24.8 Å². The lowest BCUT2D eigenvalue weighted by Crippen LogP contribution is -2.83. The lowest BCUT2D eigenvalue weighted by Gasteiger charge is -2.39. The van der Waals surface area contributed by atoms with E-state index in [9.17, 15) is 14.4 Å². The Hall–Kier alpha value is -3.19. The number of nitrogens with two attached hydrogens (primary N) is 1. The summed E-state index contributed by atoms with van der Waals surface area (Å²) in [5.74, 6) is -0.446. The number of hydrogen-bond acceptors (Lipinski definition) is 3. The summed E-state index contributed by atoms with van der Waals surface area (Å²) in [6.45, 7) is 1.35. The molecule has 3 N–H and O–H groups in total. The summed E-state index contributed by atoms with van der Waals surface area (Å²) in [5, 5.41) is 4.67. The number of nitrogens with zero attached hydrogens (tertiary/aromatic N) is 2. The summed E-state index contributed by atoms with van der Waals surface area (Å²) in [4.78, 5) is 41.5. The van der Waals surface area contributed by atoms with Crippen molar-refractivity contribution in [2.24, 2.45) is 0 Å². The maximum absolute atomic E-state index is 13.2. The van der Waals surface area contributed by atoms with Crippen LogP contribution in [0.3, 0.4) is 0 Å². The highest BCUT2D eigenvalue weighted by molar-refractivity contribution is 6.10. The first-order valence-electron chi connectivity index (χ1n) is 9.45. The van der Waals surface area contributed by atoms with Crippen LogP contribution in [0.25, 0.3) is 11.1 Å². The molecule has 2 heterocycles. The average molecular weight is 379 g/mol. The summed E-state index contributed by atoms with van der Waals surface area (Å²) >= 11 is 0. The predicted octanol–water partition coefficient (Wildman–Crippen LogP) is 0.152. The summed E-state index contributed by atoms with van der Waals surface area (Å²) in [5.41, 5.74) is 2.94. The van der Waals surface area contributed by atoms with Gasteiger partial charge in [0.2, 0.25) is 5.91 Å². The van der Waals surface area contributed by atoms with Gasteiger partial charge in [-0.15, -0.1) is 0 Å². The van der Waals surface area contributed by atoms with Gasteiger partial charge >= 0.3 is 0 Å². The van der Waals surface area contributed by atoms with Crippen molar-refractivity contribution in [2.45, 2.75) is 6.04 Å². The quantitative estimate of drug-likeness (QED) is 0.796. The van der Waals surface area contributed by atoms with Gasteiger partial charge in [0, 0.05) is 13.1 Å². The molecule has 0 aliphatic carbocycles. The highest BCUT2D eigenvalue weighted by Gasteiger charge is 2.40. The van der Waals surface area contributed by atoms with Crippen molar-refractivity contribution in [1.82, 2.24) is 9.80 Å². The van der Waals surface area contributed by atoms with Gasteiger partial charge in [-0.3, -0.25) is 14.4 Å². The van der Waals surface area contributed by atoms with Crippen LogP contribution in [0.2, 0.25) is 0 Å². The van der Waals surface area contributed by atoms with E-state index in [1.165, 1.54) is 0 Å². The Balaban J connectivity index is 1.65. The summed E-state index contributed by atoms with van der Waals surface area (Å²) in [7, 11) is 1.83. The Morgan fingerprint density at radius 1 is 1.11 bits per heavy atom. The first kappa shape index (κ1) is 18.2. The van der Waals surface area contributed by atoms with E-state index in [0.717, 1.165) is 11.1 Å². The second-order valence-electron chi connectivity index (χ2n) is 7.08. The van der Waals surface area contributed by atoms with E-state index in [0.29, 0.717) is 30.9 Å². The fourth-order valence-electron chi connectivity index (χ4n) is 3.79. The molecule has 28 heavy (non-hydrogen) atoms. The van der Waals surface area contributed by atoms with Crippen LogP contribution in [0.5, 0.6) is 0 Å². The molecule has 0 unspecified atom stereocenters. The lowest BCUT2D eigenvalue weighted by molar-refractivity contribution is -0.616. The number of carbonyl (C=O) groups excluding carboxylic acids is 3. The summed E-state index contributed by atoms with van der Waals surface area (Å²) < 4.78 is 0. The van der Waals surface area contributed by atoms with Gasteiger partial charge in [-0.1, -0.05) is 36.4 Å². The summed E-state index contributed by atoms with van der Waals surface area (Å²) in [6, 6.07) is 14.7. The minimum Gasteiger partial charge on any atom is -0.341 e. The molecule has 0 radical (unpaired) electrons. The minimum absolute atomic E-state index is 0.0180. The number of fused-ring (bicyclic) bond motifs is 2. The van der Waals surface area contributed by atoms with Crippen molar-refractivity contribution in [3.8, 4) is 11.1 Å². The first-order valence-corrected chi connectivity index (χ1v) is 9.45. The number of amides is 3. The van der Waals surface area contributed by atoms with Crippen molar-refractivity contribution in [3.05, 3.63) is 54.1 Å². The molecular formula is C21H23N4O3+. The normalized spacial score (nSPS) is 18.8. The molecule has 2 aliphatic heterocycles. The van der Waals surface area contributed by atoms with Crippen LogP contribution in [0.1, 0.15) is 10.4 Å². The van der Waals surface area contributed by atoms with Crippen molar-refractivity contribution >= 4 is 23.4 Å². The van der Waals surface area contributed by atoms with Crippen LogP contribution in [0, 0.1) is 0 Å². The van der Waals surface area contributed by atoms with Gasteiger partial charge < -0.3 is 20.4 Å². The van der Waals surface area contributed by atoms with Crippen LogP contribution in [0.4, 0.5) is 5.69 Å². The molecule has 1 atom stereocenters. The Bertz CT molecular complexity index is 929. The third-order valence-corrected chi connectivity index (χ3v) is 5.29. The molecular weight excluding hydrogens is 356 g/mol. The Labute approximate surface area is 163 Å². The molecule has 0 spiro atoms. The zero-order valence-electron chi connectivity index (χ0n) is 15.7. The largest absolute Gasteiger partial charge is 0.341 e. The Morgan fingerprint density at radius 3 is 2.64 bits per heavy atom. The molecule has 0 bridgehead atoms. The van der Waals surface area contributed by atoms with Gasteiger partial charge in [-0.2, -0.15) is 0 Å². The number of rotatable bonds is 3. The van der Waals surface area contributed by atoms with Gasteiger partial charge in [0.1, 0.15) is 6.04 Å². The van der Waals surface area contributed by atoms with Crippen molar-refractivity contribution in [1.29, 1.82) is 0 Å². The first-order chi connectivity index (χ1) is 13.6. The molecule has 2 aliphatic rings. The van der Waals surface area contributed by atoms with E-state index >= 15 is 0 Å². The smallest absolute Gasteiger partial charge is 0.277 e. The topological polar surface area (TPSA) is 86.3 Å². The van der Waals surface area contributed by atoms with E-state index < -0.39 is 6.04 Å². The van der Waals surface area contributed by atoms with Crippen LogP contribution in [-0.4, -0.2) is 66.8 Å². The number of piperazine rings is 1. The predicted molar refractivity (Wildman–Crippen MR) is 105 cm³/mol.